The van der Waals surface area contributed by atoms with Crippen molar-refractivity contribution in [2.45, 2.75) is 52.6 Å². The molecule has 0 spiro atoms. The predicted octanol–water partition coefficient (Wildman–Crippen LogP) is 3.52. The maximum atomic E-state index is 5.52. The van der Waals surface area contributed by atoms with E-state index in [1.807, 2.05) is 13.0 Å². The first-order valence-corrected chi connectivity index (χ1v) is 5.71. The van der Waals surface area contributed by atoms with Gasteiger partial charge in [0.15, 0.2) is 0 Å². The second-order valence-electron chi connectivity index (χ2n) is 3.48. The molecule has 0 aliphatic rings. The Bertz CT molecular complexity index is 132. The average Bonchev–Trinajstić information content (AvgIpc) is 2.18. The largest absolute Gasteiger partial charge is 0.501 e. The van der Waals surface area contributed by atoms with Crippen molar-refractivity contribution in [1.82, 2.24) is 0 Å². The number of ether oxygens (including phenoxy) is 2. The fourth-order valence-electron chi connectivity index (χ4n) is 0.931. The molecule has 0 aromatic heterocycles. The van der Waals surface area contributed by atoms with Gasteiger partial charge in [0, 0.05) is 6.61 Å². The summed E-state index contributed by atoms with van der Waals surface area (Å²) in [6.45, 7) is 8.02. The first-order chi connectivity index (χ1) is 6.81. The van der Waals surface area contributed by atoms with Crippen molar-refractivity contribution >= 4 is 0 Å². The van der Waals surface area contributed by atoms with Gasteiger partial charge in [-0.15, -0.1) is 0 Å². The van der Waals surface area contributed by atoms with Gasteiger partial charge in [0.1, 0.15) is 0 Å². The maximum absolute atomic E-state index is 5.52. The van der Waals surface area contributed by atoms with E-state index in [9.17, 15) is 0 Å². The van der Waals surface area contributed by atoms with Crippen LogP contribution < -0.4 is 0 Å². The first kappa shape index (κ1) is 13.5. The Labute approximate surface area is 88.3 Å². The Kier molecular flexibility index (Phi) is 10.2. The van der Waals surface area contributed by atoms with Gasteiger partial charge in [0.25, 0.3) is 0 Å². The zero-order chi connectivity index (χ0) is 10.6. The lowest BCUT2D eigenvalue weighted by molar-refractivity contribution is 0.0923. The highest BCUT2D eigenvalue weighted by Gasteiger charge is 1.94. The Morgan fingerprint density at radius 2 is 1.71 bits per heavy atom. The minimum absolute atomic E-state index is 0.170. The van der Waals surface area contributed by atoms with Gasteiger partial charge < -0.3 is 9.47 Å². The summed E-state index contributed by atoms with van der Waals surface area (Å²) in [5, 5.41) is 0. The van der Waals surface area contributed by atoms with Crippen molar-refractivity contribution in [3.8, 4) is 0 Å². The molecular weight excluding hydrogens is 176 g/mol. The molecule has 0 aromatic rings. The summed E-state index contributed by atoms with van der Waals surface area (Å²) in [4.78, 5) is 0. The van der Waals surface area contributed by atoms with Gasteiger partial charge in [-0.1, -0.05) is 26.7 Å². The van der Waals surface area contributed by atoms with Crippen LogP contribution >= 0.6 is 0 Å². The fraction of sp³-hybridized carbons (Fsp3) is 0.833. The molecule has 2 nitrogen and oxygen atoms in total. The molecule has 0 fully saturated rings. The summed E-state index contributed by atoms with van der Waals surface area (Å²) in [5.74, 6) is 0. The third-order valence-electron chi connectivity index (χ3n) is 1.94. The first-order valence-electron chi connectivity index (χ1n) is 5.71. The van der Waals surface area contributed by atoms with Crippen LogP contribution in [0.3, 0.4) is 0 Å². The third kappa shape index (κ3) is 9.59. The third-order valence-corrected chi connectivity index (χ3v) is 1.94. The SMILES string of the molecule is CCCCOC=CC(C)OCCCC. The Morgan fingerprint density at radius 3 is 2.36 bits per heavy atom. The molecule has 2 heteroatoms. The standard InChI is InChI=1S/C12H24O2/c1-4-6-9-13-11-8-12(3)14-10-7-5-2/h8,11-12H,4-7,9-10H2,1-3H3. The topological polar surface area (TPSA) is 18.5 Å². The molecule has 0 rings (SSSR count). The normalized spacial score (nSPS) is 13.4. The van der Waals surface area contributed by atoms with Gasteiger partial charge >= 0.3 is 0 Å². The molecule has 0 aromatic carbocycles. The van der Waals surface area contributed by atoms with E-state index in [4.69, 9.17) is 9.47 Å². The molecule has 1 unspecified atom stereocenters. The van der Waals surface area contributed by atoms with Crippen LogP contribution in [-0.2, 0) is 9.47 Å². The number of rotatable bonds is 9. The summed E-state index contributed by atoms with van der Waals surface area (Å²) in [6, 6.07) is 0. The lowest BCUT2D eigenvalue weighted by atomic mass is 10.3. The molecule has 0 N–H and O–H groups in total. The highest BCUT2D eigenvalue weighted by Crippen LogP contribution is 1.97. The second-order valence-corrected chi connectivity index (χ2v) is 3.48. The van der Waals surface area contributed by atoms with Crippen LogP contribution in [0, 0.1) is 0 Å². The molecule has 14 heavy (non-hydrogen) atoms. The van der Waals surface area contributed by atoms with Crippen LogP contribution in [0.15, 0.2) is 12.3 Å². The molecule has 1 atom stereocenters. The van der Waals surface area contributed by atoms with E-state index >= 15 is 0 Å². The predicted molar refractivity (Wildman–Crippen MR) is 60.3 cm³/mol. The van der Waals surface area contributed by atoms with Gasteiger partial charge in [-0.3, -0.25) is 0 Å². The monoisotopic (exact) mass is 200 g/mol. The van der Waals surface area contributed by atoms with Crippen molar-refractivity contribution in [3.05, 3.63) is 12.3 Å². The molecule has 0 aliphatic carbocycles. The molecule has 0 saturated carbocycles. The number of hydrogen-bond acceptors (Lipinski definition) is 2. The van der Waals surface area contributed by atoms with Gasteiger partial charge in [-0.25, -0.2) is 0 Å². The van der Waals surface area contributed by atoms with Crippen LogP contribution in [0.25, 0.3) is 0 Å². The van der Waals surface area contributed by atoms with E-state index in [2.05, 4.69) is 13.8 Å². The number of unbranched alkanes of at least 4 members (excludes halogenated alkanes) is 2. The van der Waals surface area contributed by atoms with E-state index in [0.29, 0.717) is 0 Å². The zero-order valence-electron chi connectivity index (χ0n) is 9.79. The van der Waals surface area contributed by atoms with Gasteiger partial charge in [-0.2, -0.15) is 0 Å². The van der Waals surface area contributed by atoms with Crippen molar-refractivity contribution in [1.29, 1.82) is 0 Å². The van der Waals surface area contributed by atoms with Crippen molar-refractivity contribution in [3.63, 3.8) is 0 Å². The van der Waals surface area contributed by atoms with Crippen LogP contribution in [0.5, 0.6) is 0 Å². The Morgan fingerprint density at radius 1 is 1.07 bits per heavy atom. The summed E-state index contributed by atoms with van der Waals surface area (Å²) in [5.41, 5.74) is 0. The van der Waals surface area contributed by atoms with Gasteiger partial charge in [0.05, 0.1) is 19.0 Å². The highest BCUT2D eigenvalue weighted by atomic mass is 16.5. The molecular formula is C12H24O2. The minimum Gasteiger partial charge on any atom is -0.501 e. The van der Waals surface area contributed by atoms with E-state index in [-0.39, 0.29) is 6.10 Å². The number of hydrogen-bond donors (Lipinski definition) is 0. The smallest absolute Gasteiger partial charge is 0.0873 e. The lowest BCUT2D eigenvalue weighted by Gasteiger charge is -2.07. The van der Waals surface area contributed by atoms with Gasteiger partial charge in [-0.05, 0) is 25.8 Å². The van der Waals surface area contributed by atoms with E-state index in [1.165, 1.54) is 12.8 Å². The van der Waals surface area contributed by atoms with Crippen LogP contribution in [0.2, 0.25) is 0 Å². The molecule has 0 amide bonds. The van der Waals surface area contributed by atoms with Crippen molar-refractivity contribution in [2.24, 2.45) is 0 Å². The summed E-state index contributed by atoms with van der Waals surface area (Å²) < 4.78 is 10.8. The molecule has 0 aliphatic heterocycles. The molecule has 0 saturated heterocycles. The summed E-state index contributed by atoms with van der Waals surface area (Å²) in [6.07, 6.45) is 8.50. The van der Waals surface area contributed by atoms with E-state index < -0.39 is 0 Å². The van der Waals surface area contributed by atoms with Gasteiger partial charge in [0.2, 0.25) is 0 Å². The Hall–Kier alpha value is -0.500. The quantitative estimate of drug-likeness (QED) is 0.419. The summed E-state index contributed by atoms with van der Waals surface area (Å²) in [7, 11) is 0. The second kappa shape index (κ2) is 10.6. The fourth-order valence-corrected chi connectivity index (χ4v) is 0.931. The molecule has 0 bridgehead atoms. The van der Waals surface area contributed by atoms with E-state index in [0.717, 1.165) is 26.1 Å². The van der Waals surface area contributed by atoms with Crippen LogP contribution in [-0.4, -0.2) is 19.3 Å². The average molecular weight is 200 g/mol. The van der Waals surface area contributed by atoms with Crippen LogP contribution in [0.1, 0.15) is 46.5 Å². The maximum Gasteiger partial charge on any atom is 0.0873 e. The Balaban J connectivity index is 3.26. The van der Waals surface area contributed by atoms with Crippen molar-refractivity contribution < 1.29 is 9.47 Å². The minimum atomic E-state index is 0.170. The molecule has 0 heterocycles. The highest BCUT2D eigenvalue weighted by molar-refractivity contribution is 4.80. The van der Waals surface area contributed by atoms with E-state index in [1.54, 1.807) is 6.26 Å². The van der Waals surface area contributed by atoms with Crippen LogP contribution in [0.4, 0.5) is 0 Å². The lowest BCUT2D eigenvalue weighted by Crippen LogP contribution is -2.05. The summed E-state index contributed by atoms with van der Waals surface area (Å²) >= 11 is 0. The molecule has 84 valence electrons. The molecule has 0 radical (unpaired) electrons. The van der Waals surface area contributed by atoms with Crippen molar-refractivity contribution in [2.75, 3.05) is 13.2 Å². The zero-order valence-corrected chi connectivity index (χ0v) is 9.79.